The Labute approximate surface area is 164 Å². The van der Waals surface area contributed by atoms with Gasteiger partial charge in [0.1, 0.15) is 0 Å². The Kier molecular flexibility index (Phi) is 6.37. The largest absolute Gasteiger partial charge is 0.431 e. The Morgan fingerprint density at radius 2 is 1.85 bits per heavy atom. The van der Waals surface area contributed by atoms with E-state index < -0.39 is 11.4 Å². The minimum Gasteiger partial charge on any atom is -0.431 e. The van der Waals surface area contributed by atoms with Crippen LogP contribution in [0.4, 0.5) is 0 Å². The standard InChI is InChI=1S/C23H33NO3/c1-15(2)9-10-19-12-20(24-14-17(19)5)13-23(18(6)11-16(3)4)21(25)26-22(7,8)27-23/h12,14-16,18H,11,13H2,1-8H3/t18-,23+/m0/s1. The molecule has 148 valence electrons. The SMILES string of the molecule is Cc1cnc(C[C@]2([C@@H](C)CC(C)C)OC(C)(C)OC2=O)cc1C#CC(C)C. The van der Waals surface area contributed by atoms with Gasteiger partial charge in [-0.05, 0) is 36.8 Å². The molecule has 0 N–H and O–H groups in total. The Morgan fingerprint density at radius 1 is 1.19 bits per heavy atom. The van der Waals surface area contributed by atoms with E-state index in [1.165, 1.54) is 0 Å². The summed E-state index contributed by atoms with van der Waals surface area (Å²) in [5.41, 5.74) is 1.77. The predicted octanol–water partition coefficient (Wildman–Crippen LogP) is 4.67. The van der Waals surface area contributed by atoms with E-state index in [-0.39, 0.29) is 11.9 Å². The second-order valence-corrected chi connectivity index (χ2v) is 8.90. The van der Waals surface area contributed by atoms with Crippen LogP contribution in [0.5, 0.6) is 0 Å². The molecule has 1 aliphatic rings. The minimum absolute atomic E-state index is 0.0140. The van der Waals surface area contributed by atoms with Gasteiger partial charge in [-0.15, -0.1) is 0 Å². The summed E-state index contributed by atoms with van der Waals surface area (Å²) in [4.78, 5) is 17.5. The highest BCUT2D eigenvalue weighted by Gasteiger charge is 2.57. The maximum atomic E-state index is 12.9. The van der Waals surface area contributed by atoms with Crippen LogP contribution in [0, 0.1) is 36.5 Å². The van der Waals surface area contributed by atoms with Gasteiger partial charge in [0, 0.05) is 43.6 Å². The molecule has 2 rings (SSSR count). The van der Waals surface area contributed by atoms with Crippen molar-refractivity contribution >= 4 is 5.97 Å². The van der Waals surface area contributed by atoms with Crippen LogP contribution in [-0.2, 0) is 20.7 Å². The molecule has 1 aliphatic heterocycles. The molecule has 27 heavy (non-hydrogen) atoms. The summed E-state index contributed by atoms with van der Waals surface area (Å²) in [7, 11) is 0. The van der Waals surface area contributed by atoms with Crippen LogP contribution in [0.25, 0.3) is 0 Å². The summed E-state index contributed by atoms with van der Waals surface area (Å²) in [5.74, 6) is 5.98. The number of rotatable bonds is 5. The van der Waals surface area contributed by atoms with Crippen molar-refractivity contribution in [2.24, 2.45) is 17.8 Å². The Hall–Kier alpha value is -1.86. The third-order valence-electron chi connectivity index (χ3n) is 4.83. The molecule has 4 nitrogen and oxygen atoms in total. The van der Waals surface area contributed by atoms with Crippen LogP contribution in [0.3, 0.4) is 0 Å². The Bertz CT molecular complexity index is 755. The van der Waals surface area contributed by atoms with Gasteiger partial charge in [0.2, 0.25) is 5.79 Å². The summed E-state index contributed by atoms with van der Waals surface area (Å²) in [6.07, 6.45) is 3.09. The fraction of sp³-hybridized carbons (Fsp3) is 0.652. The van der Waals surface area contributed by atoms with Crippen LogP contribution in [-0.4, -0.2) is 22.3 Å². The van der Waals surface area contributed by atoms with Crippen molar-refractivity contribution < 1.29 is 14.3 Å². The van der Waals surface area contributed by atoms with E-state index in [2.05, 4.69) is 51.4 Å². The van der Waals surface area contributed by atoms with Crippen LogP contribution in [0.2, 0.25) is 0 Å². The van der Waals surface area contributed by atoms with Crippen LogP contribution in [0.15, 0.2) is 12.3 Å². The zero-order chi connectivity index (χ0) is 20.4. The molecule has 0 unspecified atom stereocenters. The van der Waals surface area contributed by atoms with E-state index in [0.29, 0.717) is 18.3 Å². The summed E-state index contributed by atoms with van der Waals surface area (Å²) in [6, 6.07) is 1.98. The fourth-order valence-corrected chi connectivity index (χ4v) is 3.58. The average Bonchev–Trinajstić information content (AvgIpc) is 2.76. The normalized spacial score (nSPS) is 22.5. The van der Waals surface area contributed by atoms with Gasteiger partial charge < -0.3 is 9.47 Å². The maximum absolute atomic E-state index is 12.9. The maximum Gasteiger partial charge on any atom is 0.341 e. The molecule has 1 aromatic heterocycles. The molecule has 0 amide bonds. The summed E-state index contributed by atoms with van der Waals surface area (Å²) in [6.45, 7) is 16.1. The quantitative estimate of drug-likeness (QED) is 0.557. The molecule has 0 aromatic carbocycles. The van der Waals surface area contributed by atoms with Gasteiger partial charge in [-0.3, -0.25) is 4.98 Å². The number of aryl methyl sites for hydroxylation is 1. The molecule has 2 heterocycles. The first kappa shape index (κ1) is 21.4. The first-order valence-electron chi connectivity index (χ1n) is 9.86. The number of cyclic esters (lactones) is 1. The zero-order valence-corrected chi connectivity index (χ0v) is 18.0. The van der Waals surface area contributed by atoms with E-state index in [1.54, 1.807) is 13.8 Å². The third kappa shape index (κ3) is 5.11. The smallest absolute Gasteiger partial charge is 0.341 e. The lowest BCUT2D eigenvalue weighted by Crippen LogP contribution is -2.46. The summed E-state index contributed by atoms with van der Waals surface area (Å²) in [5, 5.41) is 0. The van der Waals surface area contributed by atoms with E-state index in [1.807, 2.05) is 19.2 Å². The van der Waals surface area contributed by atoms with E-state index in [0.717, 1.165) is 23.2 Å². The third-order valence-corrected chi connectivity index (χ3v) is 4.83. The van der Waals surface area contributed by atoms with Crippen LogP contribution < -0.4 is 0 Å². The summed E-state index contributed by atoms with van der Waals surface area (Å²) >= 11 is 0. The molecular weight excluding hydrogens is 338 g/mol. The lowest BCUT2D eigenvalue weighted by Gasteiger charge is -2.33. The first-order valence-corrected chi connectivity index (χ1v) is 9.86. The number of nitrogens with zero attached hydrogens (tertiary/aromatic N) is 1. The van der Waals surface area contributed by atoms with Gasteiger partial charge in [-0.2, -0.15) is 0 Å². The van der Waals surface area contributed by atoms with Gasteiger partial charge in [0.15, 0.2) is 5.60 Å². The van der Waals surface area contributed by atoms with E-state index in [9.17, 15) is 4.79 Å². The summed E-state index contributed by atoms with van der Waals surface area (Å²) < 4.78 is 11.8. The number of hydrogen-bond donors (Lipinski definition) is 0. The minimum atomic E-state index is -1.02. The van der Waals surface area contributed by atoms with Gasteiger partial charge in [-0.1, -0.05) is 46.5 Å². The number of hydrogen-bond acceptors (Lipinski definition) is 4. The van der Waals surface area contributed by atoms with Crippen molar-refractivity contribution in [1.82, 2.24) is 4.98 Å². The molecule has 4 heteroatoms. The highest BCUT2D eigenvalue weighted by atomic mass is 16.8. The van der Waals surface area contributed by atoms with Gasteiger partial charge in [-0.25, -0.2) is 4.79 Å². The molecule has 0 bridgehead atoms. The molecule has 1 saturated heterocycles. The monoisotopic (exact) mass is 371 g/mol. The molecule has 0 aliphatic carbocycles. The predicted molar refractivity (Wildman–Crippen MR) is 107 cm³/mol. The molecule has 0 radical (unpaired) electrons. The number of aromatic nitrogens is 1. The van der Waals surface area contributed by atoms with Crippen LogP contribution >= 0.6 is 0 Å². The highest BCUT2D eigenvalue weighted by molar-refractivity contribution is 5.82. The number of esters is 1. The van der Waals surface area contributed by atoms with Gasteiger partial charge in [0.25, 0.3) is 0 Å². The van der Waals surface area contributed by atoms with Crippen molar-refractivity contribution in [3.05, 3.63) is 29.1 Å². The number of pyridine rings is 1. The van der Waals surface area contributed by atoms with Crippen molar-refractivity contribution in [1.29, 1.82) is 0 Å². The van der Waals surface area contributed by atoms with Crippen molar-refractivity contribution in [3.8, 4) is 11.8 Å². The fourth-order valence-electron chi connectivity index (χ4n) is 3.58. The van der Waals surface area contributed by atoms with Gasteiger partial charge >= 0.3 is 5.97 Å². The molecule has 0 saturated carbocycles. The lowest BCUT2D eigenvalue weighted by atomic mass is 9.79. The molecule has 0 spiro atoms. The van der Waals surface area contributed by atoms with Crippen molar-refractivity contribution in [2.75, 3.05) is 0 Å². The van der Waals surface area contributed by atoms with Crippen molar-refractivity contribution in [2.45, 2.75) is 79.6 Å². The topological polar surface area (TPSA) is 48.4 Å². The second kappa shape index (κ2) is 8.02. The highest BCUT2D eigenvalue weighted by Crippen LogP contribution is 2.42. The first-order chi connectivity index (χ1) is 12.4. The molecule has 2 atom stereocenters. The van der Waals surface area contributed by atoms with Crippen LogP contribution in [0.1, 0.15) is 71.7 Å². The average molecular weight is 372 g/mol. The molecular formula is C23H33NO3. The van der Waals surface area contributed by atoms with Crippen molar-refractivity contribution in [3.63, 3.8) is 0 Å². The van der Waals surface area contributed by atoms with E-state index >= 15 is 0 Å². The molecule has 1 fully saturated rings. The Morgan fingerprint density at radius 3 is 2.37 bits per heavy atom. The number of carbonyl (C=O) groups is 1. The lowest BCUT2D eigenvalue weighted by molar-refractivity contribution is -0.174. The Balaban J connectivity index is 2.41. The second-order valence-electron chi connectivity index (χ2n) is 8.90. The zero-order valence-electron chi connectivity index (χ0n) is 18.0. The number of carbonyl (C=O) groups excluding carboxylic acids is 1. The number of ether oxygens (including phenoxy) is 2. The molecule has 1 aromatic rings. The van der Waals surface area contributed by atoms with Gasteiger partial charge in [0.05, 0.1) is 0 Å². The van der Waals surface area contributed by atoms with E-state index in [4.69, 9.17) is 9.47 Å².